The molecule has 3 rings (SSSR count). The number of hydrogen-bond donors (Lipinski definition) is 0. The van der Waals surface area contributed by atoms with Crippen LogP contribution in [0.1, 0.15) is 23.1 Å². The molecule has 1 heterocycles. The molecule has 2 aromatic rings. The highest BCUT2D eigenvalue weighted by Gasteiger charge is 2.11. The minimum Gasteiger partial charge on any atom is -0.493 e. The molecule has 0 aromatic heterocycles. The van der Waals surface area contributed by atoms with Gasteiger partial charge >= 0.3 is 0 Å². The van der Waals surface area contributed by atoms with Gasteiger partial charge in [-0.3, -0.25) is 0 Å². The molecule has 2 heteroatoms. The van der Waals surface area contributed by atoms with Crippen LogP contribution in [0, 0.1) is 0 Å². The van der Waals surface area contributed by atoms with Gasteiger partial charge < -0.3 is 4.74 Å². The highest BCUT2D eigenvalue weighted by molar-refractivity contribution is 6.30. The summed E-state index contributed by atoms with van der Waals surface area (Å²) in [5.41, 5.74) is 4.14. The Morgan fingerprint density at radius 2 is 1.68 bits per heavy atom. The molecule has 0 saturated carbocycles. The number of halogens is 1. The lowest BCUT2D eigenvalue weighted by atomic mass is 10.0. The van der Waals surface area contributed by atoms with Crippen molar-refractivity contribution in [2.45, 2.75) is 25.7 Å². The third kappa shape index (κ3) is 3.10. The van der Waals surface area contributed by atoms with Crippen LogP contribution < -0.4 is 4.74 Å². The monoisotopic (exact) mass is 272 g/mol. The molecule has 0 atom stereocenters. The minimum atomic E-state index is 0.808. The van der Waals surface area contributed by atoms with Gasteiger partial charge in [0.1, 0.15) is 5.75 Å². The molecule has 0 saturated heterocycles. The van der Waals surface area contributed by atoms with Crippen LogP contribution in [0.5, 0.6) is 5.75 Å². The Morgan fingerprint density at radius 3 is 2.53 bits per heavy atom. The molecule has 98 valence electrons. The Labute approximate surface area is 119 Å². The molecule has 0 radical (unpaired) electrons. The molecule has 0 N–H and O–H groups in total. The van der Waals surface area contributed by atoms with E-state index in [4.69, 9.17) is 16.3 Å². The smallest absolute Gasteiger partial charge is 0.122 e. The zero-order valence-electron chi connectivity index (χ0n) is 10.9. The highest BCUT2D eigenvalue weighted by atomic mass is 35.5. The summed E-state index contributed by atoms with van der Waals surface area (Å²) < 4.78 is 5.53. The molecule has 0 amide bonds. The summed E-state index contributed by atoms with van der Waals surface area (Å²) in [5.74, 6) is 1.07. The van der Waals surface area contributed by atoms with Crippen molar-refractivity contribution in [3.8, 4) is 5.75 Å². The fourth-order valence-corrected chi connectivity index (χ4v) is 2.67. The van der Waals surface area contributed by atoms with Crippen LogP contribution in [0.25, 0.3) is 0 Å². The van der Waals surface area contributed by atoms with E-state index in [1.165, 1.54) is 23.1 Å². The van der Waals surface area contributed by atoms with Crippen molar-refractivity contribution < 1.29 is 4.74 Å². The second-order valence-electron chi connectivity index (χ2n) is 5.02. The topological polar surface area (TPSA) is 9.23 Å². The van der Waals surface area contributed by atoms with Crippen LogP contribution >= 0.6 is 11.6 Å². The standard InChI is InChI=1S/C17H17ClO/c18-16-7-4-13(5-8-16)2-1-3-14-6-9-17-15(12-14)10-11-19-17/h4-9,12H,1-3,10-11H2. The zero-order chi connectivity index (χ0) is 13.1. The first kappa shape index (κ1) is 12.6. The Morgan fingerprint density at radius 1 is 0.947 bits per heavy atom. The van der Waals surface area contributed by atoms with Crippen molar-refractivity contribution in [1.82, 2.24) is 0 Å². The number of aryl methyl sites for hydroxylation is 2. The van der Waals surface area contributed by atoms with Gasteiger partial charge in [0.05, 0.1) is 6.61 Å². The summed E-state index contributed by atoms with van der Waals surface area (Å²) in [6.45, 7) is 0.837. The molecule has 1 aliphatic rings. The predicted molar refractivity (Wildman–Crippen MR) is 79.1 cm³/mol. The first-order valence-electron chi connectivity index (χ1n) is 6.80. The summed E-state index contributed by atoms with van der Waals surface area (Å²) in [4.78, 5) is 0. The van der Waals surface area contributed by atoms with Crippen LogP contribution in [0.4, 0.5) is 0 Å². The molecule has 0 bridgehead atoms. The van der Waals surface area contributed by atoms with E-state index >= 15 is 0 Å². The van der Waals surface area contributed by atoms with Gasteiger partial charge in [0.2, 0.25) is 0 Å². The van der Waals surface area contributed by atoms with Crippen molar-refractivity contribution >= 4 is 11.6 Å². The van der Waals surface area contributed by atoms with E-state index in [1.54, 1.807) is 0 Å². The lowest BCUT2D eigenvalue weighted by Gasteiger charge is -2.05. The first-order valence-corrected chi connectivity index (χ1v) is 7.18. The van der Waals surface area contributed by atoms with Gasteiger partial charge in [0.15, 0.2) is 0 Å². The Balaban J connectivity index is 1.56. The third-order valence-electron chi connectivity index (χ3n) is 3.60. The maximum atomic E-state index is 5.88. The Kier molecular flexibility index (Phi) is 3.74. The second kappa shape index (κ2) is 5.66. The summed E-state index contributed by atoms with van der Waals surface area (Å²) in [6.07, 6.45) is 4.45. The number of rotatable bonds is 4. The number of fused-ring (bicyclic) bond motifs is 1. The fourth-order valence-electron chi connectivity index (χ4n) is 2.54. The van der Waals surface area contributed by atoms with E-state index in [-0.39, 0.29) is 0 Å². The van der Waals surface area contributed by atoms with E-state index in [0.717, 1.165) is 36.6 Å². The average molecular weight is 273 g/mol. The quantitative estimate of drug-likeness (QED) is 0.799. The van der Waals surface area contributed by atoms with Crippen LogP contribution in [0.15, 0.2) is 42.5 Å². The fraction of sp³-hybridized carbons (Fsp3) is 0.294. The van der Waals surface area contributed by atoms with Crippen molar-refractivity contribution in [3.05, 3.63) is 64.2 Å². The number of hydrogen-bond acceptors (Lipinski definition) is 1. The van der Waals surface area contributed by atoms with Gasteiger partial charge in [-0.25, -0.2) is 0 Å². The van der Waals surface area contributed by atoms with Crippen molar-refractivity contribution in [2.75, 3.05) is 6.61 Å². The molecule has 19 heavy (non-hydrogen) atoms. The molecule has 0 spiro atoms. The van der Waals surface area contributed by atoms with E-state index in [2.05, 4.69) is 30.3 Å². The van der Waals surface area contributed by atoms with Gasteiger partial charge in [0.25, 0.3) is 0 Å². The number of ether oxygens (including phenoxy) is 1. The summed E-state index contributed by atoms with van der Waals surface area (Å²) in [6, 6.07) is 14.7. The first-order chi connectivity index (χ1) is 9.31. The summed E-state index contributed by atoms with van der Waals surface area (Å²) >= 11 is 5.88. The average Bonchev–Trinajstić information content (AvgIpc) is 2.88. The lowest BCUT2D eigenvalue weighted by molar-refractivity contribution is 0.357. The molecule has 1 aliphatic heterocycles. The molecule has 2 aromatic carbocycles. The van der Waals surface area contributed by atoms with Gasteiger partial charge in [-0.05, 0) is 54.2 Å². The maximum absolute atomic E-state index is 5.88. The number of benzene rings is 2. The SMILES string of the molecule is Clc1ccc(CCCc2ccc3c(c2)CCO3)cc1. The van der Waals surface area contributed by atoms with Gasteiger partial charge in [-0.1, -0.05) is 35.9 Å². The zero-order valence-corrected chi connectivity index (χ0v) is 11.6. The minimum absolute atomic E-state index is 0.808. The third-order valence-corrected chi connectivity index (χ3v) is 3.85. The molecule has 1 nitrogen and oxygen atoms in total. The van der Waals surface area contributed by atoms with Crippen molar-refractivity contribution in [1.29, 1.82) is 0 Å². The molecule has 0 unspecified atom stereocenters. The van der Waals surface area contributed by atoms with Gasteiger partial charge in [-0.2, -0.15) is 0 Å². The van der Waals surface area contributed by atoms with Crippen molar-refractivity contribution in [2.24, 2.45) is 0 Å². The van der Waals surface area contributed by atoms with Crippen molar-refractivity contribution in [3.63, 3.8) is 0 Å². The Bertz CT molecular complexity index is 560. The van der Waals surface area contributed by atoms with Crippen LogP contribution in [0.2, 0.25) is 5.02 Å². The molecular formula is C17H17ClO. The lowest BCUT2D eigenvalue weighted by Crippen LogP contribution is -1.91. The summed E-state index contributed by atoms with van der Waals surface area (Å²) in [5, 5.41) is 0.808. The van der Waals surface area contributed by atoms with Crippen LogP contribution in [0.3, 0.4) is 0 Å². The normalized spacial score (nSPS) is 13.1. The van der Waals surface area contributed by atoms with E-state index in [1.807, 2.05) is 12.1 Å². The highest BCUT2D eigenvalue weighted by Crippen LogP contribution is 2.26. The molecular weight excluding hydrogens is 256 g/mol. The van der Waals surface area contributed by atoms with E-state index in [0.29, 0.717) is 0 Å². The van der Waals surface area contributed by atoms with E-state index in [9.17, 15) is 0 Å². The largest absolute Gasteiger partial charge is 0.493 e. The van der Waals surface area contributed by atoms with E-state index < -0.39 is 0 Å². The maximum Gasteiger partial charge on any atom is 0.122 e. The van der Waals surface area contributed by atoms with Crippen LogP contribution in [-0.4, -0.2) is 6.61 Å². The van der Waals surface area contributed by atoms with Gasteiger partial charge in [0, 0.05) is 11.4 Å². The second-order valence-corrected chi connectivity index (χ2v) is 5.46. The van der Waals surface area contributed by atoms with Crippen LogP contribution in [-0.2, 0) is 19.3 Å². The van der Waals surface area contributed by atoms with Gasteiger partial charge in [-0.15, -0.1) is 0 Å². The molecule has 0 aliphatic carbocycles. The summed E-state index contributed by atoms with van der Waals surface area (Å²) in [7, 11) is 0. The Hall–Kier alpha value is -1.47. The predicted octanol–water partition coefficient (Wildman–Crippen LogP) is 4.45. The molecule has 0 fully saturated rings.